The molecule has 2 nitrogen and oxygen atoms in total. The molecule has 1 aliphatic rings. The number of hydrogen-bond acceptors (Lipinski definition) is 2. The summed E-state index contributed by atoms with van der Waals surface area (Å²) in [6, 6.07) is 0. The molecule has 1 saturated heterocycles. The van der Waals surface area contributed by atoms with Crippen molar-refractivity contribution in [3.63, 3.8) is 0 Å². The van der Waals surface area contributed by atoms with Crippen LogP contribution in [0, 0.1) is 0 Å². The predicted molar refractivity (Wildman–Crippen MR) is 43.4 cm³/mol. The monoisotopic (exact) mass is 144 g/mol. The zero-order valence-electron chi connectivity index (χ0n) is 5.83. The number of amidine groups is 1. The quantitative estimate of drug-likeness (QED) is 0.300. The summed E-state index contributed by atoms with van der Waals surface area (Å²) in [5, 5.41) is 0.571. The number of likely N-dealkylation sites (tertiary alicyclic amines) is 1. The maximum atomic E-state index is 4.28. The summed E-state index contributed by atoms with van der Waals surface area (Å²) in [5.74, 6) is 1.13. The Morgan fingerprint density at radius 1 is 1.67 bits per heavy atom. The molecule has 3 heteroatoms. The van der Waals surface area contributed by atoms with Crippen molar-refractivity contribution in [2.24, 2.45) is 4.99 Å². The van der Waals surface area contributed by atoms with Gasteiger partial charge in [0.05, 0.1) is 5.84 Å². The van der Waals surface area contributed by atoms with Crippen molar-refractivity contribution in [3.8, 4) is 0 Å². The Bertz CT molecular complexity index is 127. The highest BCUT2D eigenvalue weighted by molar-refractivity contribution is 7.81. The fourth-order valence-corrected chi connectivity index (χ4v) is 1.26. The van der Waals surface area contributed by atoms with Gasteiger partial charge in [-0.1, -0.05) is 0 Å². The first-order valence-electron chi connectivity index (χ1n) is 3.10. The van der Waals surface area contributed by atoms with Crippen LogP contribution in [0.2, 0.25) is 0 Å². The van der Waals surface area contributed by atoms with E-state index in [2.05, 4.69) is 22.5 Å². The molecule has 0 radical (unpaired) electrons. The minimum absolute atomic E-state index is 0.571. The lowest BCUT2D eigenvalue weighted by atomic mass is 10.2. The molecule has 0 aromatic heterocycles. The molecule has 0 aliphatic carbocycles. The molecule has 0 aromatic rings. The number of rotatable bonds is 0. The SMILES string of the molecule is CN=C(C)N1CC(S)C1. The highest BCUT2D eigenvalue weighted by atomic mass is 32.1. The molecule has 0 spiro atoms. The second-order valence-electron chi connectivity index (χ2n) is 2.33. The molecule has 0 N–H and O–H groups in total. The van der Waals surface area contributed by atoms with Crippen molar-refractivity contribution < 1.29 is 0 Å². The van der Waals surface area contributed by atoms with Crippen LogP contribution < -0.4 is 0 Å². The van der Waals surface area contributed by atoms with Gasteiger partial charge < -0.3 is 4.90 Å². The largest absolute Gasteiger partial charge is 0.358 e. The molecule has 0 saturated carbocycles. The Morgan fingerprint density at radius 2 is 2.22 bits per heavy atom. The maximum absolute atomic E-state index is 4.28. The second kappa shape index (κ2) is 2.60. The summed E-state index contributed by atoms with van der Waals surface area (Å²) >= 11 is 4.28. The summed E-state index contributed by atoms with van der Waals surface area (Å²) in [4.78, 5) is 6.27. The van der Waals surface area contributed by atoms with Crippen LogP contribution in [0.5, 0.6) is 0 Å². The predicted octanol–water partition coefficient (Wildman–Crippen LogP) is 0.649. The van der Waals surface area contributed by atoms with Gasteiger partial charge in [-0.05, 0) is 6.92 Å². The minimum Gasteiger partial charge on any atom is -0.358 e. The molecule has 1 aliphatic heterocycles. The number of hydrogen-bond donors (Lipinski definition) is 1. The fourth-order valence-electron chi connectivity index (χ4n) is 0.861. The van der Waals surface area contributed by atoms with E-state index in [4.69, 9.17) is 0 Å². The van der Waals surface area contributed by atoms with E-state index in [1.54, 1.807) is 0 Å². The molecule has 0 aromatic carbocycles. The Hall–Kier alpha value is -0.180. The first-order chi connectivity index (χ1) is 4.24. The summed E-state index contributed by atoms with van der Waals surface area (Å²) in [7, 11) is 1.82. The van der Waals surface area contributed by atoms with Crippen LogP contribution in [0.15, 0.2) is 4.99 Å². The lowest BCUT2D eigenvalue weighted by Gasteiger charge is -2.37. The van der Waals surface area contributed by atoms with Gasteiger partial charge in [0.1, 0.15) is 0 Å². The molecule has 1 heterocycles. The van der Waals surface area contributed by atoms with Crippen LogP contribution in [0.3, 0.4) is 0 Å². The van der Waals surface area contributed by atoms with E-state index >= 15 is 0 Å². The van der Waals surface area contributed by atoms with Crippen LogP contribution >= 0.6 is 12.6 Å². The Kier molecular flexibility index (Phi) is 2.01. The average molecular weight is 144 g/mol. The van der Waals surface area contributed by atoms with E-state index in [9.17, 15) is 0 Å². The van der Waals surface area contributed by atoms with E-state index in [1.807, 2.05) is 14.0 Å². The Morgan fingerprint density at radius 3 is 2.56 bits per heavy atom. The van der Waals surface area contributed by atoms with Gasteiger partial charge in [0, 0.05) is 25.4 Å². The van der Waals surface area contributed by atoms with Crippen LogP contribution in [0.25, 0.3) is 0 Å². The fraction of sp³-hybridized carbons (Fsp3) is 0.833. The maximum Gasteiger partial charge on any atom is 0.0954 e. The standard InChI is InChI=1S/C6H12N2S/c1-5(7-2)8-3-6(9)4-8/h6,9H,3-4H2,1-2H3. The summed E-state index contributed by atoms with van der Waals surface area (Å²) in [6.45, 7) is 4.15. The molecule has 1 fully saturated rings. The van der Waals surface area contributed by atoms with Gasteiger partial charge >= 0.3 is 0 Å². The molecule has 0 unspecified atom stereocenters. The van der Waals surface area contributed by atoms with Crippen molar-refractivity contribution in [1.82, 2.24) is 4.90 Å². The summed E-state index contributed by atoms with van der Waals surface area (Å²) < 4.78 is 0. The Balaban J connectivity index is 2.32. The van der Waals surface area contributed by atoms with E-state index in [1.165, 1.54) is 0 Å². The van der Waals surface area contributed by atoms with Crippen LogP contribution in [0.4, 0.5) is 0 Å². The van der Waals surface area contributed by atoms with Crippen molar-refractivity contribution in [2.45, 2.75) is 12.2 Å². The number of aliphatic imine (C=N–C) groups is 1. The first-order valence-corrected chi connectivity index (χ1v) is 3.62. The van der Waals surface area contributed by atoms with E-state index in [-0.39, 0.29) is 0 Å². The third-order valence-corrected chi connectivity index (χ3v) is 1.97. The molecule has 52 valence electrons. The lowest BCUT2D eigenvalue weighted by molar-refractivity contribution is 0.311. The third kappa shape index (κ3) is 1.39. The zero-order chi connectivity index (χ0) is 6.85. The normalized spacial score (nSPS) is 22.1. The second-order valence-corrected chi connectivity index (χ2v) is 3.06. The zero-order valence-corrected chi connectivity index (χ0v) is 6.73. The van der Waals surface area contributed by atoms with Crippen LogP contribution in [-0.2, 0) is 0 Å². The van der Waals surface area contributed by atoms with Gasteiger partial charge in [0.15, 0.2) is 0 Å². The molecular weight excluding hydrogens is 132 g/mol. The highest BCUT2D eigenvalue weighted by Crippen LogP contribution is 2.13. The van der Waals surface area contributed by atoms with Crippen LogP contribution in [0.1, 0.15) is 6.92 Å². The molecular formula is C6H12N2S. The third-order valence-electron chi connectivity index (χ3n) is 1.64. The molecule has 0 atom stereocenters. The molecule has 9 heavy (non-hydrogen) atoms. The van der Waals surface area contributed by atoms with Gasteiger partial charge in [0.25, 0.3) is 0 Å². The lowest BCUT2D eigenvalue weighted by Crippen LogP contribution is -2.50. The van der Waals surface area contributed by atoms with Crippen molar-refractivity contribution in [1.29, 1.82) is 0 Å². The van der Waals surface area contributed by atoms with Gasteiger partial charge in [-0.25, -0.2) is 0 Å². The highest BCUT2D eigenvalue weighted by Gasteiger charge is 2.23. The van der Waals surface area contributed by atoms with Gasteiger partial charge in [0.2, 0.25) is 0 Å². The van der Waals surface area contributed by atoms with E-state index in [0.717, 1.165) is 18.9 Å². The molecule has 1 rings (SSSR count). The van der Waals surface area contributed by atoms with Crippen LogP contribution in [-0.4, -0.2) is 36.1 Å². The summed E-state index contributed by atoms with van der Waals surface area (Å²) in [6.07, 6.45) is 0. The van der Waals surface area contributed by atoms with Gasteiger partial charge in [-0.2, -0.15) is 12.6 Å². The van der Waals surface area contributed by atoms with Gasteiger partial charge in [-0.15, -0.1) is 0 Å². The topological polar surface area (TPSA) is 15.6 Å². The minimum atomic E-state index is 0.571. The number of thiol groups is 1. The van der Waals surface area contributed by atoms with Crippen molar-refractivity contribution in [3.05, 3.63) is 0 Å². The number of nitrogens with zero attached hydrogens (tertiary/aromatic N) is 2. The summed E-state index contributed by atoms with van der Waals surface area (Å²) in [5.41, 5.74) is 0. The van der Waals surface area contributed by atoms with E-state index < -0.39 is 0 Å². The van der Waals surface area contributed by atoms with E-state index in [0.29, 0.717) is 5.25 Å². The smallest absolute Gasteiger partial charge is 0.0954 e. The van der Waals surface area contributed by atoms with Gasteiger partial charge in [-0.3, -0.25) is 4.99 Å². The van der Waals surface area contributed by atoms with Crippen molar-refractivity contribution in [2.75, 3.05) is 20.1 Å². The average Bonchev–Trinajstić information content (AvgIpc) is 1.79. The first kappa shape index (κ1) is 6.93. The Labute approximate surface area is 61.4 Å². The molecule has 0 amide bonds. The molecule has 0 bridgehead atoms. The van der Waals surface area contributed by atoms with Crippen molar-refractivity contribution >= 4 is 18.5 Å².